The van der Waals surface area contributed by atoms with E-state index in [1.165, 1.54) is 19.3 Å². The maximum Gasteiger partial charge on any atom is 0.303 e. The average molecular weight is 300 g/mol. The molecule has 0 saturated carbocycles. The lowest BCUT2D eigenvalue weighted by molar-refractivity contribution is -0.137. The van der Waals surface area contributed by atoms with Gasteiger partial charge in [0.25, 0.3) is 0 Å². The first-order chi connectivity index (χ1) is 10.2. The standard InChI is InChI=1S/C18H32O3.2H2/c1-2-3-4-5-6-8-11-14-17(19)15-12-9-7-10-13-16-18(20)21;;/h6,8,11,14,17,19H,2-5,7,9-10,12-13,15-16H2,1H3,(H,20,21);2*1H/b8-6+,14-11+;;. The van der Waals surface area contributed by atoms with Gasteiger partial charge >= 0.3 is 5.97 Å². The normalized spacial score (nSPS) is 13.2. The first kappa shape index (κ1) is 19.9. The molecular weight excluding hydrogens is 264 g/mol. The lowest BCUT2D eigenvalue weighted by atomic mass is 10.1. The minimum absolute atomic E-state index is 0. The Kier molecular flexibility index (Phi) is 14.5. The van der Waals surface area contributed by atoms with E-state index in [9.17, 15) is 9.90 Å². The minimum Gasteiger partial charge on any atom is -0.481 e. The minimum atomic E-state index is -0.710. The molecule has 0 aliphatic carbocycles. The van der Waals surface area contributed by atoms with Crippen molar-refractivity contribution in [1.82, 2.24) is 0 Å². The molecule has 0 aliphatic rings. The molecule has 3 heteroatoms. The van der Waals surface area contributed by atoms with Crippen LogP contribution in [0.5, 0.6) is 0 Å². The van der Waals surface area contributed by atoms with E-state index in [0.717, 1.165) is 44.9 Å². The van der Waals surface area contributed by atoms with E-state index in [2.05, 4.69) is 13.0 Å². The number of unbranched alkanes of at least 4 members (excludes halogenated alkanes) is 7. The molecule has 21 heavy (non-hydrogen) atoms. The van der Waals surface area contributed by atoms with Gasteiger partial charge in [-0.25, -0.2) is 0 Å². The van der Waals surface area contributed by atoms with Crippen molar-refractivity contribution in [3.8, 4) is 0 Å². The van der Waals surface area contributed by atoms with Crippen LogP contribution in [0.25, 0.3) is 0 Å². The molecule has 0 amide bonds. The highest BCUT2D eigenvalue weighted by molar-refractivity contribution is 5.66. The van der Waals surface area contributed by atoms with Gasteiger partial charge in [-0.1, -0.05) is 69.8 Å². The summed E-state index contributed by atoms with van der Waals surface area (Å²) < 4.78 is 0. The zero-order valence-electron chi connectivity index (χ0n) is 13.5. The number of carboxylic acid groups (broad SMARTS) is 1. The lowest BCUT2D eigenvalue weighted by Gasteiger charge is -2.04. The summed E-state index contributed by atoms with van der Waals surface area (Å²) in [5, 5.41) is 18.3. The summed E-state index contributed by atoms with van der Waals surface area (Å²) in [6, 6.07) is 0. The van der Waals surface area contributed by atoms with Crippen LogP contribution >= 0.6 is 0 Å². The molecule has 0 saturated heterocycles. The summed E-state index contributed by atoms with van der Waals surface area (Å²) in [6.07, 6.45) is 18.4. The molecule has 0 radical (unpaired) electrons. The molecule has 0 aromatic carbocycles. The van der Waals surface area contributed by atoms with E-state index in [1.54, 1.807) is 0 Å². The molecule has 2 N–H and O–H groups in total. The first-order valence-corrected chi connectivity index (χ1v) is 8.40. The van der Waals surface area contributed by atoms with Gasteiger partial charge in [-0.15, -0.1) is 0 Å². The van der Waals surface area contributed by atoms with Crippen LogP contribution in [-0.4, -0.2) is 22.3 Å². The van der Waals surface area contributed by atoms with Crippen LogP contribution in [-0.2, 0) is 4.79 Å². The van der Waals surface area contributed by atoms with E-state index in [0.29, 0.717) is 0 Å². The third-order valence-corrected chi connectivity index (χ3v) is 3.45. The van der Waals surface area contributed by atoms with E-state index in [1.807, 2.05) is 18.2 Å². The topological polar surface area (TPSA) is 57.5 Å². The fourth-order valence-electron chi connectivity index (χ4n) is 2.14. The molecule has 0 rings (SSSR count). The molecule has 0 heterocycles. The van der Waals surface area contributed by atoms with Gasteiger partial charge in [0.05, 0.1) is 6.10 Å². The van der Waals surface area contributed by atoms with Gasteiger partial charge in [-0.2, -0.15) is 0 Å². The molecule has 0 fully saturated rings. The highest BCUT2D eigenvalue weighted by Crippen LogP contribution is 2.09. The molecule has 0 aliphatic heterocycles. The smallest absolute Gasteiger partial charge is 0.303 e. The van der Waals surface area contributed by atoms with Crippen LogP contribution in [0.4, 0.5) is 0 Å². The van der Waals surface area contributed by atoms with Crippen molar-refractivity contribution in [3.63, 3.8) is 0 Å². The van der Waals surface area contributed by atoms with Gasteiger partial charge in [0.15, 0.2) is 0 Å². The van der Waals surface area contributed by atoms with E-state index >= 15 is 0 Å². The number of hydrogen-bond donors (Lipinski definition) is 2. The van der Waals surface area contributed by atoms with Gasteiger partial charge in [0.1, 0.15) is 0 Å². The zero-order valence-corrected chi connectivity index (χ0v) is 13.5. The Morgan fingerprint density at radius 2 is 1.76 bits per heavy atom. The number of aliphatic hydroxyl groups is 1. The lowest BCUT2D eigenvalue weighted by Crippen LogP contribution is -2.01. The number of allylic oxidation sites excluding steroid dienone is 3. The molecule has 1 unspecified atom stereocenters. The van der Waals surface area contributed by atoms with Gasteiger partial charge in [0, 0.05) is 9.27 Å². The van der Waals surface area contributed by atoms with Gasteiger partial charge < -0.3 is 10.2 Å². The predicted octanol–water partition coefficient (Wildman–Crippen LogP) is 5.35. The van der Waals surface area contributed by atoms with E-state index < -0.39 is 5.97 Å². The fourth-order valence-corrected chi connectivity index (χ4v) is 2.14. The van der Waals surface area contributed by atoms with Crippen LogP contribution in [0, 0.1) is 0 Å². The Balaban J connectivity index is -0.00000200. The molecule has 3 nitrogen and oxygen atoms in total. The SMILES string of the molecule is CCCCC/C=C/C=C/C(O)CCCCCCCC(=O)O.[HH].[HH]. The van der Waals surface area contributed by atoms with Crippen molar-refractivity contribution in [2.75, 3.05) is 0 Å². The maximum absolute atomic E-state index is 10.3. The van der Waals surface area contributed by atoms with Crippen molar-refractivity contribution in [2.45, 2.75) is 83.7 Å². The first-order valence-electron chi connectivity index (χ1n) is 8.40. The number of rotatable bonds is 14. The largest absolute Gasteiger partial charge is 0.481 e. The van der Waals surface area contributed by atoms with Crippen LogP contribution in [0.3, 0.4) is 0 Å². The summed E-state index contributed by atoms with van der Waals surface area (Å²) in [5.74, 6) is -0.710. The highest BCUT2D eigenvalue weighted by atomic mass is 16.4. The maximum atomic E-state index is 10.3. The van der Waals surface area contributed by atoms with Gasteiger partial charge in [-0.3, -0.25) is 4.79 Å². The molecule has 0 aromatic rings. The van der Waals surface area contributed by atoms with Gasteiger partial charge in [-0.05, 0) is 25.7 Å². The summed E-state index contributed by atoms with van der Waals surface area (Å²) >= 11 is 0. The van der Waals surface area contributed by atoms with Crippen LogP contribution < -0.4 is 0 Å². The Hall–Kier alpha value is -1.09. The number of hydrogen-bond acceptors (Lipinski definition) is 2. The van der Waals surface area contributed by atoms with Gasteiger partial charge in [0.2, 0.25) is 0 Å². The number of carboxylic acids is 1. The molecule has 0 aromatic heterocycles. The van der Waals surface area contributed by atoms with Crippen molar-refractivity contribution in [1.29, 1.82) is 0 Å². The van der Waals surface area contributed by atoms with E-state index in [4.69, 9.17) is 5.11 Å². The predicted molar refractivity (Wildman–Crippen MR) is 92.6 cm³/mol. The quantitative estimate of drug-likeness (QED) is 0.336. The molecular formula is C18H36O3. The monoisotopic (exact) mass is 300 g/mol. The Bertz CT molecular complexity index is 305. The van der Waals surface area contributed by atoms with Crippen molar-refractivity contribution in [3.05, 3.63) is 24.3 Å². The second-order valence-electron chi connectivity index (χ2n) is 5.58. The Labute approximate surface area is 132 Å². The molecule has 126 valence electrons. The second kappa shape index (κ2) is 15.3. The number of carbonyl (C=O) groups is 1. The Morgan fingerprint density at radius 3 is 2.48 bits per heavy atom. The van der Waals surface area contributed by atoms with Crippen molar-refractivity contribution in [2.24, 2.45) is 0 Å². The Morgan fingerprint density at radius 1 is 1.05 bits per heavy atom. The van der Waals surface area contributed by atoms with Crippen molar-refractivity contribution < 1.29 is 17.9 Å². The molecule has 0 spiro atoms. The molecule has 0 bridgehead atoms. The van der Waals surface area contributed by atoms with Crippen LogP contribution in [0.2, 0.25) is 0 Å². The average Bonchev–Trinajstić information content (AvgIpc) is 2.45. The number of aliphatic hydroxyl groups excluding tert-OH is 1. The summed E-state index contributed by atoms with van der Waals surface area (Å²) in [7, 11) is 0. The third kappa shape index (κ3) is 16.9. The van der Waals surface area contributed by atoms with Crippen LogP contribution in [0.15, 0.2) is 24.3 Å². The highest BCUT2D eigenvalue weighted by Gasteiger charge is 1.99. The van der Waals surface area contributed by atoms with Crippen molar-refractivity contribution >= 4 is 5.97 Å². The zero-order chi connectivity index (χ0) is 15.8. The fraction of sp³-hybridized carbons (Fsp3) is 0.722. The number of aliphatic carboxylic acids is 1. The summed E-state index contributed by atoms with van der Waals surface area (Å²) in [4.78, 5) is 10.3. The summed E-state index contributed by atoms with van der Waals surface area (Å²) in [6.45, 7) is 2.20. The summed E-state index contributed by atoms with van der Waals surface area (Å²) in [5.41, 5.74) is 0. The van der Waals surface area contributed by atoms with E-state index in [-0.39, 0.29) is 15.4 Å². The third-order valence-electron chi connectivity index (χ3n) is 3.45. The molecule has 1 atom stereocenters. The second-order valence-corrected chi connectivity index (χ2v) is 5.58. The van der Waals surface area contributed by atoms with Crippen LogP contribution in [0.1, 0.15) is 80.4 Å².